The number of primary amides is 1. The molecular formula is C9H9N5O4. The van der Waals surface area contributed by atoms with E-state index in [0.29, 0.717) is 0 Å². The van der Waals surface area contributed by atoms with Gasteiger partial charge in [-0.05, 0) is 0 Å². The van der Waals surface area contributed by atoms with E-state index in [4.69, 9.17) is 5.73 Å². The van der Waals surface area contributed by atoms with Gasteiger partial charge in [-0.15, -0.1) is 0 Å². The molecule has 0 fully saturated rings. The average molecular weight is 251 g/mol. The van der Waals surface area contributed by atoms with Gasteiger partial charge in [0.05, 0.1) is 12.7 Å². The third kappa shape index (κ3) is 1.88. The van der Waals surface area contributed by atoms with Crippen molar-refractivity contribution < 1.29 is 14.3 Å². The number of rotatable bonds is 2. The van der Waals surface area contributed by atoms with E-state index in [1.54, 1.807) is 0 Å². The van der Waals surface area contributed by atoms with E-state index in [2.05, 4.69) is 20.4 Å². The Morgan fingerprint density at radius 3 is 2.83 bits per heavy atom. The molecule has 0 aromatic rings. The fourth-order valence-corrected chi connectivity index (χ4v) is 1.49. The number of aromatic amines is 1. The number of hydrogen-bond acceptors (Lipinski definition) is 5. The van der Waals surface area contributed by atoms with Gasteiger partial charge < -0.3 is 10.5 Å². The van der Waals surface area contributed by atoms with E-state index in [-0.39, 0.29) is 16.8 Å². The minimum absolute atomic E-state index is 0.0297. The van der Waals surface area contributed by atoms with Gasteiger partial charge >= 0.3 is 12.0 Å². The highest BCUT2D eigenvalue weighted by molar-refractivity contribution is 5.96. The number of ether oxygens (including phenoxy) is 1. The van der Waals surface area contributed by atoms with Gasteiger partial charge in [-0.1, -0.05) is 0 Å². The Kier molecular flexibility index (Phi) is 2.72. The quantitative estimate of drug-likeness (QED) is 0.594. The molecule has 94 valence electrons. The van der Waals surface area contributed by atoms with Crippen molar-refractivity contribution in [2.45, 2.75) is 0 Å². The maximum Gasteiger partial charge on any atom is 0.341 e. The molecular weight excluding hydrogens is 242 g/mol. The van der Waals surface area contributed by atoms with Crippen molar-refractivity contribution in [3.8, 4) is 11.3 Å². The molecule has 9 heteroatoms. The normalized spacial score (nSPS) is 10.3. The smallest absolute Gasteiger partial charge is 0.341 e. The van der Waals surface area contributed by atoms with Crippen LogP contribution in [0.2, 0.25) is 0 Å². The first kappa shape index (κ1) is 11.6. The van der Waals surface area contributed by atoms with Crippen LogP contribution in [-0.4, -0.2) is 34.0 Å². The van der Waals surface area contributed by atoms with Crippen LogP contribution in [0.3, 0.4) is 0 Å². The van der Waals surface area contributed by atoms with Gasteiger partial charge in [0.25, 0.3) is 5.56 Å². The summed E-state index contributed by atoms with van der Waals surface area (Å²) >= 11 is 0. The van der Waals surface area contributed by atoms with Crippen molar-refractivity contribution in [1.29, 1.82) is 0 Å². The van der Waals surface area contributed by atoms with E-state index >= 15 is 0 Å². The minimum atomic E-state index is -0.842. The summed E-state index contributed by atoms with van der Waals surface area (Å²) in [4.78, 5) is 33.7. The van der Waals surface area contributed by atoms with E-state index in [1.165, 1.54) is 19.5 Å². The number of H-pyrrole nitrogens is 1. The lowest BCUT2D eigenvalue weighted by Gasteiger charge is -2.10. The zero-order chi connectivity index (χ0) is 13.3. The summed E-state index contributed by atoms with van der Waals surface area (Å²) in [7, 11) is 1.19. The van der Waals surface area contributed by atoms with Gasteiger partial charge in [0, 0.05) is 12.4 Å². The largest absolute Gasteiger partial charge is 0.465 e. The highest BCUT2D eigenvalue weighted by Crippen LogP contribution is 2.19. The molecule has 2 amide bonds. The van der Waals surface area contributed by atoms with Crippen LogP contribution in [-0.2, 0) is 4.74 Å². The topological polar surface area (TPSA) is 132 Å². The van der Waals surface area contributed by atoms with Gasteiger partial charge in [0.2, 0.25) is 0 Å². The van der Waals surface area contributed by atoms with Crippen LogP contribution in [0.5, 0.6) is 0 Å². The predicted octanol–water partition coefficient (Wildman–Crippen LogP) is -0.915. The summed E-state index contributed by atoms with van der Waals surface area (Å²) in [6, 6.07) is -0.842. The lowest BCUT2D eigenvalue weighted by Crippen LogP contribution is -2.29. The van der Waals surface area contributed by atoms with Crippen LogP contribution in [0, 0.1) is 0 Å². The predicted molar refractivity (Wildman–Crippen MR) is 59.8 cm³/mol. The van der Waals surface area contributed by atoms with Crippen molar-refractivity contribution in [3.05, 3.63) is 28.3 Å². The summed E-state index contributed by atoms with van der Waals surface area (Å²) in [5.41, 5.74) is 6.98. The summed E-state index contributed by atoms with van der Waals surface area (Å²) in [6.45, 7) is 0. The molecule has 0 aliphatic carbocycles. The fraction of sp³-hybridized carbons (Fsp3) is 0.111. The Bertz CT molecular complexity index is 643. The number of carbonyl (C=O) groups excluding carboxylic acids is 2. The maximum atomic E-state index is 11.5. The molecule has 2 aliphatic rings. The highest BCUT2D eigenvalue weighted by atomic mass is 16.5. The zero-order valence-electron chi connectivity index (χ0n) is 9.26. The van der Waals surface area contributed by atoms with Crippen molar-refractivity contribution in [3.63, 3.8) is 0 Å². The SMILES string of the molecule is COC(=O)c1cn(NC(N)=O)cc2c(=O)[nH]nc1-2. The first-order chi connectivity index (χ1) is 8.52. The van der Waals surface area contributed by atoms with Crippen LogP contribution in [0.15, 0.2) is 17.2 Å². The number of pyridine rings is 1. The maximum absolute atomic E-state index is 11.5. The van der Waals surface area contributed by atoms with E-state index in [1.807, 2.05) is 0 Å². The first-order valence-corrected chi connectivity index (χ1v) is 4.78. The number of esters is 1. The molecule has 2 rings (SSSR count). The zero-order valence-corrected chi connectivity index (χ0v) is 9.26. The van der Waals surface area contributed by atoms with Crippen LogP contribution in [0.1, 0.15) is 10.4 Å². The van der Waals surface area contributed by atoms with E-state index in [9.17, 15) is 14.4 Å². The van der Waals surface area contributed by atoms with Gasteiger partial charge in [0.1, 0.15) is 11.3 Å². The molecule has 0 spiro atoms. The van der Waals surface area contributed by atoms with E-state index in [0.717, 1.165) is 4.68 Å². The second-order valence-electron chi connectivity index (χ2n) is 3.36. The lowest BCUT2D eigenvalue weighted by atomic mass is 10.1. The molecule has 0 saturated heterocycles. The van der Waals surface area contributed by atoms with Crippen LogP contribution in [0.4, 0.5) is 4.79 Å². The second kappa shape index (κ2) is 4.20. The molecule has 18 heavy (non-hydrogen) atoms. The number of nitrogens with one attached hydrogen (secondary N) is 2. The number of hydrogen-bond donors (Lipinski definition) is 3. The third-order valence-corrected chi connectivity index (χ3v) is 2.21. The summed E-state index contributed by atoms with van der Waals surface area (Å²) < 4.78 is 5.65. The third-order valence-electron chi connectivity index (χ3n) is 2.21. The van der Waals surface area contributed by atoms with Gasteiger partial charge in [-0.2, -0.15) is 5.10 Å². The van der Waals surface area contributed by atoms with Gasteiger partial charge in [-0.25, -0.2) is 20.1 Å². The van der Waals surface area contributed by atoms with Crippen LogP contribution < -0.4 is 16.7 Å². The Labute approximate surface area is 99.8 Å². The molecule has 0 saturated carbocycles. The standard InChI is InChI=1S/C9H9N5O4/c1-18-8(16)5-3-14(13-9(10)17)2-4-6(5)11-12-7(4)15/h2-3H,1H3,(H,12,15)(H3,10,13,17). The van der Waals surface area contributed by atoms with Crippen LogP contribution in [0.25, 0.3) is 11.3 Å². The monoisotopic (exact) mass is 251 g/mol. The Balaban J connectivity index is 2.64. The van der Waals surface area contributed by atoms with Crippen LogP contribution >= 0.6 is 0 Å². The number of methoxy groups -OCH3 is 1. The Morgan fingerprint density at radius 1 is 1.50 bits per heavy atom. The fourth-order valence-electron chi connectivity index (χ4n) is 1.49. The summed E-state index contributed by atoms with van der Waals surface area (Å²) in [5.74, 6) is -0.688. The minimum Gasteiger partial charge on any atom is -0.465 e. The van der Waals surface area contributed by atoms with Gasteiger partial charge in [-0.3, -0.25) is 9.47 Å². The number of nitrogens with two attached hydrogens (primary N) is 1. The van der Waals surface area contributed by atoms with Crippen molar-refractivity contribution in [1.82, 2.24) is 14.9 Å². The number of nitrogens with zero attached hydrogens (tertiary/aromatic N) is 2. The molecule has 0 radical (unpaired) electrons. The van der Waals surface area contributed by atoms with Crippen molar-refractivity contribution >= 4 is 12.0 Å². The van der Waals surface area contributed by atoms with Crippen molar-refractivity contribution in [2.75, 3.05) is 12.5 Å². The summed E-state index contributed by atoms with van der Waals surface area (Å²) in [5, 5.41) is 5.92. The molecule has 0 unspecified atom stereocenters. The average Bonchev–Trinajstić information content (AvgIpc) is 2.69. The molecule has 0 atom stereocenters. The molecule has 0 aromatic heterocycles. The molecule has 0 bridgehead atoms. The first-order valence-electron chi connectivity index (χ1n) is 4.78. The number of fused-ring (bicyclic) bond motifs is 1. The lowest BCUT2D eigenvalue weighted by molar-refractivity contribution is 0.0600. The molecule has 2 aliphatic heterocycles. The molecule has 0 aromatic carbocycles. The number of aromatic nitrogens is 3. The Morgan fingerprint density at radius 2 is 2.22 bits per heavy atom. The highest BCUT2D eigenvalue weighted by Gasteiger charge is 2.22. The molecule has 2 heterocycles. The number of amides is 2. The Hall–Kier alpha value is -2.84. The van der Waals surface area contributed by atoms with E-state index < -0.39 is 17.6 Å². The number of urea groups is 1. The number of carbonyl (C=O) groups is 2. The van der Waals surface area contributed by atoms with Crippen molar-refractivity contribution in [2.24, 2.45) is 5.73 Å². The van der Waals surface area contributed by atoms with Gasteiger partial charge in [0.15, 0.2) is 0 Å². The molecule has 4 N–H and O–H groups in total. The summed E-state index contributed by atoms with van der Waals surface area (Å²) in [6.07, 6.45) is 2.54. The second-order valence-corrected chi connectivity index (χ2v) is 3.36. The molecule has 9 nitrogen and oxygen atoms in total.